The van der Waals surface area contributed by atoms with Gasteiger partial charge in [-0.05, 0) is 17.5 Å². The third kappa shape index (κ3) is 2.08. The van der Waals surface area contributed by atoms with E-state index in [1.54, 1.807) is 0 Å². The second-order valence-corrected chi connectivity index (χ2v) is 4.26. The Balaban J connectivity index is 2.62. The minimum atomic E-state index is -0.524. The molecule has 0 aromatic heterocycles. The number of allylic oxidation sites excluding steroid dienone is 1. The summed E-state index contributed by atoms with van der Waals surface area (Å²) >= 11 is 0. The molecule has 0 saturated heterocycles. The van der Waals surface area contributed by atoms with Gasteiger partial charge in [-0.25, -0.2) is 0 Å². The smallest absolute Gasteiger partial charge is 0.0456 e. The molecule has 0 aliphatic heterocycles. The summed E-state index contributed by atoms with van der Waals surface area (Å²) in [5.74, 6) is 2.73. The van der Waals surface area contributed by atoms with Crippen LogP contribution in [0.2, 0.25) is 0 Å². The predicted octanol–water partition coefficient (Wildman–Crippen LogP) is 4.14. The average Bonchev–Trinajstić information content (AvgIpc) is 2.47. The molecule has 0 bridgehead atoms. The van der Waals surface area contributed by atoms with Crippen molar-refractivity contribution < 1.29 is 0 Å². The average molecular weight is 231 g/mol. The number of benzene rings is 2. The quantitative estimate of drug-likeness (QED) is 0.421. The van der Waals surface area contributed by atoms with Crippen LogP contribution in [-0.4, -0.2) is 0 Å². The van der Waals surface area contributed by atoms with E-state index in [2.05, 4.69) is 12.5 Å². The van der Waals surface area contributed by atoms with E-state index in [0.29, 0.717) is 6.42 Å². The van der Waals surface area contributed by atoms with Gasteiger partial charge in [0, 0.05) is 5.41 Å². The van der Waals surface area contributed by atoms with Gasteiger partial charge in [0.15, 0.2) is 0 Å². The SMILES string of the molecule is [C-]#CC(CC=C)(c1ccccc1)c1ccccc1. The Labute approximate surface area is 109 Å². The van der Waals surface area contributed by atoms with Crippen molar-refractivity contribution in [3.05, 3.63) is 90.9 Å². The first-order chi connectivity index (χ1) is 8.83. The molecule has 2 aromatic carbocycles. The molecule has 0 aliphatic rings. The molecule has 0 fully saturated rings. The molecule has 0 amide bonds. The minimum absolute atomic E-state index is 0.524. The number of hydrogen-bond acceptors (Lipinski definition) is 0. The van der Waals surface area contributed by atoms with Gasteiger partial charge in [-0.2, -0.15) is 0 Å². The summed E-state index contributed by atoms with van der Waals surface area (Å²) < 4.78 is 0. The van der Waals surface area contributed by atoms with Crippen LogP contribution in [0, 0.1) is 12.3 Å². The highest BCUT2D eigenvalue weighted by molar-refractivity contribution is 5.47. The van der Waals surface area contributed by atoms with E-state index in [1.807, 2.05) is 66.7 Å². The van der Waals surface area contributed by atoms with Crippen LogP contribution in [0.15, 0.2) is 73.3 Å². The van der Waals surface area contributed by atoms with Gasteiger partial charge < -0.3 is 12.3 Å². The predicted molar refractivity (Wildman–Crippen MR) is 75.6 cm³/mol. The Bertz CT molecular complexity index is 504. The molecule has 0 spiro atoms. The second kappa shape index (κ2) is 5.38. The summed E-state index contributed by atoms with van der Waals surface area (Å²) in [6, 6.07) is 20.1. The summed E-state index contributed by atoms with van der Waals surface area (Å²) in [5.41, 5.74) is 1.63. The molecule has 0 heteroatoms. The van der Waals surface area contributed by atoms with Crippen molar-refractivity contribution in [1.82, 2.24) is 0 Å². The van der Waals surface area contributed by atoms with Crippen molar-refractivity contribution in [2.45, 2.75) is 11.8 Å². The van der Waals surface area contributed by atoms with Gasteiger partial charge in [-0.1, -0.05) is 66.7 Å². The lowest BCUT2D eigenvalue weighted by molar-refractivity contribution is 0.680. The minimum Gasteiger partial charge on any atom is -0.692 e. The zero-order chi connectivity index (χ0) is 12.8. The van der Waals surface area contributed by atoms with Crippen molar-refractivity contribution in [2.75, 3.05) is 0 Å². The fraction of sp³-hybridized carbons (Fsp3) is 0.111. The van der Waals surface area contributed by atoms with Gasteiger partial charge in [0.25, 0.3) is 0 Å². The van der Waals surface area contributed by atoms with E-state index < -0.39 is 5.41 Å². The van der Waals surface area contributed by atoms with Crippen LogP contribution in [0.4, 0.5) is 0 Å². The lowest BCUT2D eigenvalue weighted by Crippen LogP contribution is -2.24. The topological polar surface area (TPSA) is 0 Å². The molecule has 0 N–H and O–H groups in total. The van der Waals surface area contributed by atoms with E-state index in [9.17, 15) is 0 Å². The highest BCUT2D eigenvalue weighted by Gasteiger charge is 2.26. The summed E-state index contributed by atoms with van der Waals surface area (Å²) in [6.07, 6.45) is 10.3. The van der Waals surface area contributed by atoms with Crippen molar-refractivity contribution in [2.24, 2.45) is 0 Å². The Morgan fingerprint density at radius 1 is 0.944 bits per heavy atom. The van der Waals surface area contributed by atoms with Crippen LogP contribution < -0.4 is 0 Å². The van der Waals surface area contributed by atoms with Crippen LogP contribution in [0.25, 0.3) is 0 Å². The molecule has 2 aromatic rings. The molecule has 0 unspecified atom stereocenters. The van der Waals surface area contributed by atoms with Crippen LogP contribution in [0.1, 0.15) is 17.5 Å². The van der Waals surface area contributed by atoms with Gasteiger partial charge >= 0.3 is 0 Å². The molecule has 0 aliphatic carbocycles. The molecule has 0 radical (unpaired) electrons. The monoisotopic (exact) mass is 231 g/mol. The van der Waals surface area contributed by atoms with E-state index >= 15 is 0 Å². The van der Waals surface area contributed by atoms with Gasteiger partial charge in [-0.3, -0.25) is 0 Å². The fourth-order valence-electron chi connectivity index (χ4n) is 2.26. The van der Waals surface area contributed by atoms with Crippen molar-refractivity contribution in [3.8, 4) is 5.92 Å². The standard InChI is InChI=1S/C18H15/c1-3-15-18(4-2,16-11-7-5-8-12-16)17-13-9-6-10-14-17/h3,5-14H,1,15H2/q-1. The summed E-state index contributed by atoms with van der Waals surface area (Å²) in [7, 11) is 0. The van der Waals surface area contributed by atoms with Crippen molar-refractivity contribution >= 4 is 0 Å². The van der Waals surface area contributed by atoms with E-state index in [1.165, 1.54) is 0 Å². The normalized spacial score (nSPS) is 10.6. The fourth-order valence-corrected chi connectivity index (χ4v) is 2.26. The highest BCUT2D eigenvalue weighted by Crippen LogP contribution is 2.35. The molecule has 0 saturated carbocycles. The van der Waals surface area contributed by atoms with Crippen molar-refractivity contribution in [1.29, 1.82) is 0 Å². The van der Waals surface area contributed by atoms with Crippen molar-refractivity contribution in [3.63, 3.8) is 0 Å². The molecular weight excluding hydrogens is 216 g/mol. The zero-order valence-corrected chi connectivity index (χ0v) is 10.3. The number of hydrogen-bond donors (Lipinski definition) is 0. The maximum Gasteiger partial charge on any atom is 0.0456 e. The van der Waals surface area contributed by atoms with Crippen LogP contribution >= 0.6 is 0 Å². The second-order valence-electron chi connectivity index (χ2n) is 4.26. The van der Waals surface area contributed by atoms with Crippen LogP contribution in [0.3, 0.4) is 0 Å². The van der Waals surface area contributed by atoms with E-state index in [0.717, 1.165) is 11.1 Å². The van der Waals surface area contributed by atoms with E-state index in [4.69, 9.17) is 6.42 Å². The Kier molecular flexibility index (Phi) is 3.65. The van der Waals surface area contributed by atoms with Gasteiger partial charge in [0.2, 0.25) is 0 Å². The Hall–Kier alpha value is -2.26. The highest BCUT2D eigenvalue weighted by atomic mass is 14.3. The van der Waals surface area contributed by atoms with Gasteiger partial charge in [0.1, 0.15) is 0 Å². The largest absolute Gasteiger partial charge is 0.692 e. The molecular formula is C18H15-. The maximum absolute atomic E-state index is 7.79. The molecule has 88 valence electrons. The first-order valence-corrected chi connectivity index (χ1v) is 5.99. The lowest BCUT2D eigenvalue weighted by Gasteiger charge is -2.33. The Morgan fingerprint density at radius 3 is 1.72 bits per heavy atom. The third-order valence-corrected chi connectivity index (χ3v) is 3.20. The Morgan fingerprint density at radius 2 is 1.39 bits per heavy atom. The molecule has 0 atom stereocenters. The van der Waals surface area contributed by atoms with Gasteiger partial charge in [0.05, 0.1) is 0 Å². The summed E-state index contributed by atoms with van der Waals surface area (Å²) in [4.78, 5) is 0. The molecule has 0 nitrogen and oxygen atoms in total. The van der Waals surface area contributed by atoms with E-state index in [-0.39, 0.29) is 0 Å². The summed E-state index contributed by atoms with van der Waals surface area (Å²) in [5, 5.41) is 0. The van der Waals surface area contributed by atoms with Crippen LogP contribution in [-0.2, 0) is 5.41 Å². The molecule has 2 rings (SSSR count). The maximum atomic E-state index is 7.79. The first kappa shape index (κ1) is 12.2. The van der Waals surface area contributed by atoms with Crippen LogP contribution in [0.5, 0.6) is 0 Å². The number of rotatable bonds is 4. The molecule has 0 heterocycles. The first-order valence-electron chi connectivity index (χ1n) is 5.99. The molecule has 18 heavy (non-hydrogen) atoms. The van der Waals surface area contributed by atoms with Gasteiger partial charge in [-0.15, -0.1) is 6.58 Å². The lowest BCUT2D eigenvalue weighted by atomic mass is 9.73. The third-order valence-electron chi connectivity index (χ3n) is 3.20. The zero-order valence-electron chi connectivity index (χ0n) is 10.3. The summed E-state index contributed by atoms with van der Waals surface area (Å²) in [6.45, 7) is 3.82.